The lowest BCUT2D eigenvalue weighted by atomic mass is 9.86. The van der Waals surface area contributed by atoms with Crippen molar-refractivity contribution in [3.63, 3.8) is 0 Å². The molecule has 1 aromatic carbocycles. The van der Waals surface area contributed by atoms with Gasteiger partial charge in [-0.2, -0.15) is 0 Å². The van der Waals surface area contributed by atoms with Crippen molar-refractivity contribution in [1.82, 2.24) is 24.7 Å². The Labute approximate surface area is 170 Å². The van der Waals surface area contributed by atoms with E-state index in [9.17, 15) is 14.3 Å². The third-order valence-electron chi connectivity index (χ3n) is 6.37. The molecule has 2 saturated heterocycles. The molecule has 2 aliphatic heterocycles. The normalized spacial score (nSPS) is 24.3. The van der Waals surface area contributed by atoms with Crippen LogP contribution >= 0.6 is 0 Å². The summed E-state index contributed by atoms with van der Waals surface area (Å²) in [4.78, 5) is 27.2. The summed E-state index contributed by atoms with van der Waals surface area (Å²) in [5.74, 6) is 0.124. The van der Waals surface area contributed by atoms with E-state index in [1.165, 1.54) is 12.1 Å². The van der Waals surface area contributed by atoms with Gasteiger partial charge in [0, 0.05) is 51.9 Å². The van der Waals surface area contributed by atoms with Gasteiger partial charge in [-0.15, -0.1) is 0 Å². The van der Waals surface area contributed by atoms with Crippen molar-refractivity contribution in [2.24, 2.45) is 5.92 Å². The van der Waals surface area contributed by atoms with Crippen LogP contribution in [0.1, 0.15) is 29.9 Å². The first-order valence-corrected chi connectivity index (χ1v) is 10.5. The number of hydrogen-bond acceptors (Lipinski definition) is 5. The number of likely N-dealkylation sites (tertiary alicyclic amines) is 1. The smallest absolute Gasteiger partial charge is 0.289 e. The average Bonchev–Trinajstić information content (AvgIpc) is 3.15. The predicted octanol–water partition coefficient (Wildman–Crippen LogP) is 1.55. The predicted molar refractivity (Wildman–Crippen MR) is 109 cm³/mol. The van der Waals surface area contributed by atoms with Gasteiger partial charge < -0.3 is 19.9 Å². The van der Waals surface area contributed by atoms with Crippen molar-refractivity contribution < 1.29 is 14.3 Å². The molecule has 2 fully saturated rings. The number of imidazole rings is 1. The number of hydrogen-bond donors (Lipinski definition) is 2. The lowest BCUT2D eigenvalue weighted by molar-refractivity contribution is 0.0213. The van der Waals surface area contributed by atoms with Crippen LogP contribution in [0.4, 0.5) is 4.39 Å². The van der Waals surface area contributed by atoms with E-state index in [1.54, 1.807) is 6.07 Å². The van der Waals surface area contributed by atoms with Crippen LogP contribution in [0.2, 0.25) is 0 Å². The van der Waals surface area contributed by atoms with Crippen LogP contribution in [0.15, 0.2) is 18.2 Å². The first kappa shape index (κ1) is 20.3. The number of likely N-dealkylation sites (N-methyl/N-ethyl adjacent to an activating group) is 1. The van der Waals surface area contributed by atoms with Crippen molar-refractivity contribution >= 4 is 16.9 Å². The zero-order valence-electron chi connectivity index (χ0n) is 17.0. The van der Waals surface area contributed by atoms with Gasteiger partial charge in [-0.3, -0.25) is 9.69 Å². The van der Waals surface area contributed by atoms with Gasteiger partial charge >= 0.3 is 0 Å². The van der Waals surface area contributed by atoms with Gasteiger partial charge in [0.25, 0.3) is 5.91 Å². The quantitative estimate of drug-likeness (QED) is 0.792. The zero-order valence-corrected chi connectivity index (χ0v) is 17.0. The molecule has 1 amide bonds. The fraction of sp³-hybridized carbons (Fsp3) is 0.619. The van der Waals surface area contributed by atoms with Gasteiger partial charge in [0.15, 0.2) is 5.82 Å². The van der Waals surface area contributed by atoms with E-state index in [0.717, 1.165) is 45.4 Å². The van der Waals surface area contributed by atoms with Crippen LogP contribution in [-0.4, -0.2) is 94.6 Å². The number of aliphatic hydroxyl groups is 1. The van der Waals surface area contributed by atoms with E-state index in [4.69, 9.17) is 0 Å². The second-order valence-electron chi connectivity index (χ2n) is 8.32. The Morgan fingerprint density at radius 2 is 2.07 bits per heavy atom. The second-order valence-corrected chi connectivity index (χ2v) is 8.32. The molecular weight excluding hydrogens is 373 g/mol. The minimum absolute atomic E-state index is 0.132. The number of aromatic amines is 1. The van der Waals surface area contributed by atoms with Crippen molar-refractivity contribution in [2.75, 3.05) is 52.9 Å². The molecule has 0 spiro atoms. The van der Waals surface area contributed by atoms with E-state index in [2.05, 4.69) is 26.8 Å². The van der Waals surface area contributed by atoms with E-state index in [0.29, 0.717) is 36.1 Å². The number of piperidine rings is 1. The zero-order chi connectivity index (χ0) is 20.4. The summed E-state index contributed by atoms with van der Waals surface area (Å²) in [7, 11) is 2.15. The lowest BCUT2D eigenvalue weighted by Crippen LogP contribution is -2.57. The molecule has 3 heterocycles. The number of piperazine rings is 1. The number of halogens is 1. The third kappa shape index (κ3) is 4.44. The number of amides is 1. The standard InChI is InChI=1S/C21H30FN5O2/c1-25-8-10-26(11-9-25)19-6-7-27(14-15(19)3-2-12-28)21(29)20-23-17-5-4-16(22)13-18(17)24-20/h4-5,13,15,19,28H,2-3,6-12,14H2,1H3,(H,23,24)/t15-,19+/m1/s1. The topological polar surface area (TPSA) is 75.7 Å². The molecule has 7 nitrogen and oxygen atoms in total. The molecular formula is C21H30FN5O2. The highest BCUT2D eigenvalue weighted by atomic mass is 19.1. The number of aliphatic hydroxyl groups excluding tert-OH is 1. The molecule has 1 aromatic heterocycles. The maximum Gasteiger partial charge on any atom is 0.289 e. The highest BCUT2D eigenvalue weighted by Crippen LogP contribution is 2.28. The molecule has 0 radical (unpaired) electrons. The van der Waals surface area contributed by atoms with Crippen molar-refractivity contribution in [3.05, 3.63) is 29.8 Å². The highest BCUT2D eigenvalue weighted by molar-refractivity contribution is 5.94. The number of nitrogens with zero attached hydrogens (tertiary/aromatic N) is 4. The summed E-state index contributed by atoms with van der Waals surface area (Å²) in [5.41, 5.74) is 1.14. The van der Waals surface area contributed by atoms with Crippen molar-refractivity contribution in [1.29, 1.82) is 0 Å². The highest BCUT2D eigenvalue weighted by Gasteiger charge is 2.36. The van der Waals surface area contributed by atoms with Crippen LogP contribution in [-0.2, 0) is 0 Å². The number of aromatic nitrogens is 2. The molecule has 4 rings (SSSR count). The lowest BCUT2D eigenvalue weighted by Gasteiger charge is -2.46. The molecule has 29 heavy (non-hydrogen) atoms. The summed E-state index contributed by atoms with van der Waals surface area (Å²) in [6.07, 6.45) is 2.59. The minimum Gasteiger partial charge on any atom is -0.396 e. The number of fused-ring (bicyclic) bond motifs is 1. The Morgan fingerprint density at radius 1 is 1.28 bits per heavy atom. The van der Waals surface area contributed by atoms with E-state index in [1.807, 2.05) is 4.90 Å². The van der Waals surface area contributed by atoms with Gasteiger partial charge in [-0.1, -0.05) is 0 Å². The van der Waals surface area contributed by atoms with E-state index in [-0.39, 0.29) is 24.2 Å². The maximum atomic E-state index is 13.4. The molecule has 0 saturated carbocycles. The number of rotatable bonds is 5. The number of H-pyrrole nitrogens is 1. The first-order chi connectivity index (χ1) is 14.0. The van der Waals surface area contributed by atoms with Crippen LogP contribution in [0.3, 0.4) is 0 Å². The molecule has 2 N–H and O–H groups in total. The van der Waals surface area contributed by atoms with Gasteiger partial charge in [0.05, 0.1) is 11.0 Å². The van der Waals surface area contributed by atoms with Crippen molar-refractivity contribution in [2.45, 2.75) is 25.3 Å². The Morgan fingerprint density at radius 3 is 2.83 bits per heavy atom. The molecule has 158 valence electrons. The number of nitrogens with one attached hydrogen (secondary N) is 1. The molecule has 2 atom stereocenters. The van der Waals surface area contributed by atoms with Gasteiger partial charge in [0.2, 0.25) is 0 Å². The Hall–Kier alpha value is -2.03. The van der Waals surface area contributed by atoms with Gasteiger partial charge in [-0.25, -0.2) is 9.37 Å². The monoisotopic (exact) mass is 403 g/mol. The number of benzene rings is 1. The molecule has 0 aliphatic carbocycles. The van der Waals surface area contributed by atoms with E-state index >= 15 is 0 Å². The van der Waals surface area contributed by atoms with Crippen LogP contribution in [0, 0.1) is 11.7 Å². The van der Waals surface area contributed by atoms with Crippen LogP contribution < -0.4 is 0 Å². The fourth-order valence-corrected chi connectivity index (χ4v) is 4.71. The molecule has 2 aliphatic rings. The summed E-state index contributed by atoms with van der Waals surface area (Å²) >= 11 is 0. The SMILES string of the molecule is CN1CCN([C@H]2CCN(C(=O)c3nc4ccc(F)cc4[nH]3)C[C@H]2CCCO)CC1. The summed E-state index contributed by atoms with van der Waals surface area (Å²) in [6, 6.07) is 4.75. The average molecular weight is 404 g/mol. The van der Waals surface area contributed by atoms with E-state index < -0.39 is 0 Å². The van der Waals surface area contributed by atoms with Crippen LogP contribution in [0.25, 0.3) is 11.0 Å². The van der Waals surface area contributed by atoms with Gasteiger partial charge in [0.1, 0.15) is 5.82 Å². The fourth-order valence-electron chi connectivity index (χ4n) is 4.71. The Balaban J connectivity index is 1.47. The molecule has 0 bridgehead atoms. The number of carbonyl (C=O) groups excluding carboxylic acids is 1. The minimum atomic E-state index is -0.350. The summed E-state index contributed by atoms with van der Waals surface area (Å²) < 4.78 is 13.4. The summed E-state index contributed by atoms with van der Waals surface area (Å²) in [6.45, 7) is 5.79. The summed E-state index contributed by atoms with van der Waals surface area (Å²) in [5, 5.41) is 9.34. The largest absolute Gasteiger partial charge is 0.396 e. The maximum absolute atomic E-state index is 13.4. The second kappa shape index (κ2) is 8.77. The van der Waals surface area contributed by atoms with Gasteiger partial charge in [-0.05, 0) is 50.4 Å². The Kier molecular flexibility index (Phi) is 6.12. The van der Waals surface area contributed by atoms with Crippen LogP contribution in [0.5, 0.6) is 0 Å². The molecule has 0 unspecified atom stereocenters. The Bertz CT molecular complexity index is 849. The number of carbonyl (C=O) groups is 1. The molecule has 8 heteroatoms. The third-order valence-corrected chi connectivity index (χ3v) is 6.37. The first-order valence-electron chi connectivity index (χ1n) is 10.5. The molecule has 2 aromatic rings. The van der Waals surface area contributed by atoms with Crippen molar-refractivity contribution in [3.8, 4) is 0 Å².